The second-order valence-electron chi connectivity index (χ2n) is 5.93. The molecule has 0 atom stereocenters. The van der Waals surface area contributed by atoms with Crippen LogP contribution in [0.1, 0.15) is 29.8 Å². The second-order valence-corrected chi connectivity index (χ2v) is 5.93. The van der Waals surface area contributed by atoms with E-state index in [1.165, 1.54) is 24.3 Å². The third-order valence-electron chi connectivity index (χ3n) is 3.52. The molecule has 0 unspecified atom stereocenters. The average Bonchev–Trinajstić information content (AvgIpc) is 2.60. The number of amides is 2. The summed E-state index contributed by atoms with van der Waals surface area (Å²) in [5.41, 5.74) is 1.74. The minimum atomic E-state index is -2.94. The maximum atomic E-state index is 12.2. The first-order valence-electron chi connectivity index (χ1n) is 8.08. The van der Waals surface area contributed by atoms with E-state index in [0.717, 1.165) is 5.56 Å². The minimum Gasteiger partial charge on any atom is -0.435 e. The molecular formula is C19H20F2N2O3. The fourth-order valence-electron chi connectivity index (χ4n) is 2.09. The van der Waals surface area contributed by atoms with E-state index in [9.17, 15) is 18.4 Å². The lowest BCUT2D eigenvalue weighted by molar-refractivity contribution is -0.118. The Bertz CT molecular complexity index is 762. The summed E-state index contributed by atoms with van der Waals surface area (Å²) < 4.78 is 28.7. The number of alkyl halides is 2. The average molecular weight is 362 g/mol. The summed E-state index contributed by atoms with van der Waals surface area (Å²) in [5, 5.41) is 5.48. The molecule has 138 valence electrons. The molecular weight excluding hydrogens is 342 g/mol. The number of hydrogen-bond acceptors (Lipinski definition) is 3. The van der Waals surface area contributed by atoms with Gasteiger partial charge in [0.25, 0.3) is 5.91 Å². The predicted molar refractivity (Wildman–Crippen MR) is 94.2 cm³/mol. The summed E-state index contributed by atoms with van der Waals surface area (Å²) in [4.78, 5) is 23.8. The molecule has 5 nitrogen and oxygen atoms in total. The van der Waals surface area contributed by atoms with Gasteiger partial charge in [0, 0.05) is 23.7 Å². The van der Waals surface area contributed by atoms with E-state index in [2.05, 4.69) is 15.4 Å². The van der Waals surface area contributed by atoms with Crippen LogP contribution in [0.5, 0.6) is 5.75 Å². The fraction of sp³-hybridized carbons (Fsp3) is 0.263. The molecule has 0 bridgehead atoms. The molecule has 0 fully saturated rings. The molecule has 0 aliphatic heterocycles. The molecule has 0 radical (unpaired) electrons. The Morgan fingerprint density at radius 2 is 1.77 bits per heavy atom. The summed E-state index contributed by atoms with van der Waals surface area (Å²) >= 11 is 0. The van der Waals surface area contributed by atoms with E-state index < -0.39 is 12.5 Å². The molecule has 0 spiro atoms. The molecule has 26 heavy (non-hydrogen) atoms. The van der Waals surface area contributed by atoms with Crippen molar-refractivity contribution >= 4 is 17.5 Å². The van der Waals surface area contributed by atoms with Crippen LogP contribution in [0.15, 0.2) is 48.5 Å². The third-order valence-corrected chi connectivity index (χ3v) is 3.52. The number of benzene rings is 2. The minimum absolute atomic E-state index is 0.0714. The summed E-state index contributed by atoms with van der Waals surface area (Å²) in [5.74, 6) is -0.657. The highest BCUT2D eigenvalue weighted by molar-refractivity contribution is 5.94. The molecule has 2 aromatic rings. The standard InChI is InChI=1S/C19H20F2N2O3/c1-12(2)17(24)23-15-8-6-13(7-9-15)11-22-18(25)14-4-3-5-16(10-14)26-19(20)21/h3-10,12,19H,11H2,1-2H3,(H,22,25)(H,23,24). The lowest BCUT2D eigenvalue weighted by Crippen LogP contribution is -2.23. The number of halogens is 2. The predicted octanol–water partition coefficient (Wildman–Crippen LogP) is 3.81. The normalized spacial score (nSPS) is 10.7. The molecule has 0 aliphatic rings. The van der Waals surface area contributed by atoms with E-state index >= 15 is 0 Å². The van der Waals surface area contributed by atoms with Gasteiger partial charge in [0.05, 0.1) is 0 Å². The van der Waals surface area contributed by atoms with Crippen molar-refractivity contribution in [1.82, 2.24) is 5.32 Å². The zero-order valence-corrected chi connectivity index (χ0v) is 14.5. The number of carbonyl (C=O) groups excluding carboxylic acids is 2. The van der Waals surface area contributed by atoms with E-state index in [0.29, 0.717) is 5.69 Å². The first kappa shape index (κ1) is 19.4. The Morgan fingerprint density at radius 3 is 2.38 bits per heavy atom. The molecule has 2 amide bonds. The highest BCUT2D eigenvalue weighted by Crippen LogP contribution is 2.16. The van der Waals surface area contributed by atoms with Crippen LogP contribution in [-0.4, -0.2) is 18.4 Å². The van der Waals surface area contributed by atoms with Gasteiger partial charge in [-0.3, -0.25) is 9.59 Å². The lowest BCUT2D eigenvalue weighted by Gasteiger charge is -2.10. The van der Waals surface area contributed by atoms with Gasteiger partial charge < -0.3 is 15.4 Å². The summed E-state index contributed by atoms with van der Waals surface area (Å²) in [6, 6.07) is 12.7. The molecule has 0 aromatic heterocycles. The molecule has 0 heterocycles. The van der Waals surface area contributed by atoms with Crippen molar-refractivity contribution < 1.29 is 23.1 Å². The topological polar surface area (TPSA) is 67.4 Å². The molecule has 2 rings (SSSR count). The number of carbonyl (C=O) groups is 2. The van der Waals surface area contributed by atoms with Crippen LogP contribution in [-0.2, 0) is 11.3 Å². The highest BCUT2D eigenvalue weighted by atomic mass is 19.3. The fourth-order valence-corrected chi connectivity index (χ4v) is 2.09. The van der Waals surface area contributed by atoms with Crippen molar-refractivity contribution in [1.29, 1.82) is 0 Å². The summed E-state index contributed by atoms with van der Waals surface area (Å²) in [6.45, 7) is 0.932. The quantitative estimate of drug-likeness (QED) is 0.787. The summed E-state index contributed by atoms with van der Waals surface area (Å²) in [6.07, 6.45) is 0. The molecule has 0 saturated heterocycles. The number of rotatable bonds is 7. The van der Waals surface area contributed by atoms with Crippen LogP contribution in [0.4, 0.5) is 14.5 Å². The second kappa shape index (κ2) is 8.94. The highest BCUT2D eigenvalue weighted by Gasteiger charge is 2.10. The SMILES string of the molecule is CC(C)C(=O)Nc1ccc(CNC(=O)c2cccc(OC(F)F)c2)cc1. The Kier molecular flexibility index (Phi) is 6.66. The Morgan fingerprint density at radius 1 is 1.08 bits per heavy atom. The van der Waals surface area contributed by atoms with Gasteiger partial charge in [-0.15, -0.1) is 0 Å². The van der Waals surface area contributed by atoms with Gasteiger partial charge in [-0.1, -0.05) is 32.0 Å². The van der Waals surface area contributed by atoms with Crippen molar-refractivity contribution in [2.75, 3.05) is 5.32 Å². The number of nitrogens with one attached hydrogen (secondary N) is 2. The zero-order valence-electron chi connectivity index (χ0n) is 14.5. The van der Waals surface area contributed by atoms with Crippen LogP contribution >= 0.6 is 0 Å². The monoisotopic (exact) mass is 362 g/mol. The van der Waals surface area contributed by atoms with Crippen LogP contribution in [0.3, 0.4) is 0 Å². The number of ether oxygens (including phenoxy) is 1. The van der Waals surface area contributed by atoms with Crippen LogP contribution in [0.2, 0.25) is 0 Å². The van der Waals surface area contributed by atoms with Gasteiger partial charge in [-0.05, 0) is 35.9 Å². The molecule has 7 heteroatoms. The summed E-state index contributed by atoms with van der Waals surface area (Å²) in [7, 11) is 0. The van der Waals surface area contributed by atoms with Crippen LogP contribution in [0.25, 0.3) is 0 Å². The Hall–Kier alpha value is -2.96. The van der Waals surface area contributed by atoms with Gasteiger partial charge >= 0.3 is 6.61 Å². The first-order chi connectivity index (χ1) is 12.3. The van der Waals surface area contributed by atoms with Crippen molar-refractivity contribution in [3.8, 4) is 5.75 Å². The van der Waals surface area contributed by atoms with Crippen LogP contribution < -0.4 is 15.4 Å². The van der Waals surface area contributed by atoms with Gasteiger partial charge in [0.2, 0.25) is 5.91 Å². The van der Waals surface area contributed by atoms with Gasteiger partial charge in [0.1, 0.15) is 5.75 Å². The molecule has 0 saturated carbocycles. The largest absolute Gasteiger partial charge is 0.435 e. The molecule has 2 N–H and O–H groups in total. The maximum Gasteiger partial charge on any atom is 0.387 e. The van der Waals surface area contributed by atoms with Gasteiger partial charge in [0.15, 0.2) is 0 Å². The Labute approximate surface area is 150 Å². The number of anilines is 1. The lowest BCUT2D eigenvalue weighted by atomic mass is 10.1. The Balaban J connectivity index is 1.92. The van der Waals surface area contributed by atoms with Crippen molar-refractivity contribution in [3.63, 3.8) is 0 Å². The van der Waals surface area contributed by atoms with Gasteiger partial charge in [-0.2, -0.15) is 8.78 Å². The molecule has 0 aliphatic carbocycles. The van der Waals surface area contributed by atoms with Gasteiger partial charge in [-0.25, -0.2) is 0 Å². The zero-order chi connectivity index (χ0) is 19.1. The van der Waals surface area contributed by atoms with Crippen LogP contribution in [0, 0.1) is 5.92 Å². The van der Waals surface area contributed by atoms with Crippen molar-refractivity contribution in [2.24, 2.45) is 5.92 Å². The third kappa shape index (κ3) is 5.84. The van der Waals surface area contributed by atoms with Crippen molar-refractivity contribution in [2.45, 2.75) is 27.0 Å². The maximum absolute atomic E-state index is 12.2. The number of hydrogen-bond donors (Lipinski definition) is 2. The van der Waals surface area contributed by atoms with Crippen molar-refractivity contribution in [3.05, 3.63) is 59.7 Å². The van der Waals surface area contributed by atoms with E-state index in [1.54, 1.807) is 38.1 Å². The smallest absolute Gasteiger partial charge is 0.387 e. The van der Waals surface area contributed by atoms with E-state index in [-0.39, 0.29) is 29.7 Å². The van der Waals surface area contributed by atoms with E-state index in [1.807, 2.05) is 0 Å². The molecule has 2 aromatic carbocycles. The first-order valence-corrected chi connectivity index (χ1v) is 8.08. The van der Waals surface area contributed by atoms with E-state index in [4.69, 9.17) is 0 Å².